The van der Waals surface area contributed by atoms with E-state index in [2.05, 4.69) is 11.9 Å². The Morgan fingerprint density at radius 2 is 2.09 bits per heavy atom. The molecule has 2 nitrogen and oxygen atoms in total. The standard InChI is InChI=1S/C9H17NO/c1-10-7-11-6-8-4-2-3-5-9(8)10/h8-9H,2-7H2,1H3/t8-,9+/m0/s1. The van der Waals surface area contributed by atoms with E-state index in [0.29, 0.717) is 0 Å². The van der Waals surface area contributed by atoms with Crippen LogP contribution in [0.1, 0.15) is 25.7 Å². The number of ether oxygens (including phenoxy) is 1. The minimum atomic E-state index is 0.831. The lowest BCUT2D eigenvalue weighted by atomic mass is 9.84. The molecule has 1 saturated heterocycles. The largest absolute Gasteiger partial charge is 0.366 e. The first-order valence-corrected chi connectivity index (χ1v) is 4.66. The molecule has 2 fully saturated rings. The number of fused-ring (bicyclic) bond motifs is 1. The van der Waals surface area contributed by atoms with Crippen molar-refractivity contribution < 1.29 is 4.74 Å². The molecule has 2 rings (SSSR count). The van der Waals surface area contributed by atoms with Gasteiger partial charge in [0.1, 0.15) is 0 Å². The molecule has 0 spiro atoms. The van der Waals surface area contributed by atoms with Gasteiger partial charge in [0.2, 0.25) is 0 Å². The fourth-order valence-corrected chi connectivity index (χ4v) is 2.41. The molecule has 0 aromatic heterocycles. The first-order chi connectivity index (χ1) is 5.38. The minimum absolute atomic E-state index is 0.831. The van der Waals surface area contributed by atoms with Crippen molar-refractivity contribution in [3.05, 3.63) is 0 Å². The lowest BCUT2D eigenvalue weighted by Gasteiger charge is -2.41. The van der Waals surface area contributed by atoms with Crippen LogP contribution in [0.25, 0.3) is 0 Å². The van der Waals surface area contributed by atoms with Crippen LogP contribution in [0.4, 0.5) is 0 Å². The zero-order chi connectivity index (χ0) is 7.68. The van der Waals surface area contributed by atoms with E-state index in [1.54, 1.807) is 0 Å². The maximum absolute atomic E-state index is 5.48. The monoisotopic (exact) mass is 155 g/mol. The zero-order valence-corrected chi connectivity index (χ0v) is 7.25. The van der Waals surface area contributed by atoms with Crippen molar-refractivity contribution in [2.24, 2.45) is 5.92 Å². The molecule has 11 heavy (non-hydrogen) atoms. The van der Waals surface area contributed by atoms with Crippen molar-refractivity contribution in [3.63, 3.8) is 0 Å². The van der Waals surface area contributed by atoms with Gasteiger partial charge in [-0.3, -0.25) is 4.90 Å². The minimum Gasteiger partial charge on any atom is -0.366 e. The summed E-state index contributed by atoms with van der Waals surface area (Å²) in [6.07, 6.45) is 5.61. The van der Waals surface area contributed by atoms with Gasteiger partial charge < -0.3 is 4.74 Å². The van der Waals surface area contributed by atoms with Crippen LogP contribution in [0.3, 0.4) is 0 Å². The molecule has 0 unspecified atom stereocenters. The summed E-state index contributed by atoms with van der Waals surface area (Å²) in [5.74, 6) is 0.836. The Labute approximate surface area is 68.5 Å². The molecule has 1 aliphatic carbocycles. The van der Waals surface area contributed by atoms with Gasteiger partial charge in [0.05, 0.1) is 13.3 Å². The van der Waals surface area contributed by atoms with E-state index in [1.807, 2.05) is 0 Å². The van der Waals surface area contributed by atoms with E-state index < -0.39 is 0 Å². The highest BCUT2D eigenvalue weighted by molar-refractivity contribution is 4.83. The normalized spacial score (nSPS) is 40.1. The van der Waals surface area contributed by atoms with E-state index in [4.69, 9.17) is 4.74 Å². The van der Waals surface area contributed by atoms with Crippen molar-refractivity contribution in [1.82, 2.24) is 4.90 Å². The molecule has 2 aliphatic rings. The molecule has 1 heterocycles. The van der Waals surface area contributed by atoms with Crippen molar-refractivity contribution in [1.29, 1.82) is 0 Å². The average Bonchev–Trinajstić information content (AvgIpc) is 2.06. The molecule has 0 amide bonds. The molecule has 0 aromatic carbocycles. The van der Waals surface area contributed by atoms with Gasteiger partial charge in [-0.25, -0.2) is 0 Å². The quantitative estimate of drug-likeness (QED) is 0.525. The molecule has 0 radical (unpaired) electrons. The summed E-state index contributed by atoms with van der Waals surface area (Å²) in [4.78, 5) is 2.37. The first kappa shape index (κ1) is 7.56. The van der Waals surface area contributed by atoms with Crippen LogP contribution >= 0.6 is 0 Å². The Hall–Kier alpha value is -0.0800. The van der Waals surface area contributed by atoms with Crippen molar-refractivity contribution in [2.75, 3.05) is 20.4 Å². The van der Waals surface area contributed by atoms with Gasteiger partial charge in [0.15, 0.2) is 0 Å². The Kier molecular flexibility index (Phi) is 2.14. The highest BCUT2D eigenvalue weighted by Gasteiger charge is 2.31. The van der Waals surface area contributed by atoms with Crippen molar-refractivity contribution in [3.8, 4) is 0 Å². The van der Waals surface area contributed by atoms with E-state index in [1.165, 1.54) is 25.7 Å². The Morgan fingerprint density at radius 1 is 1.27 bits per heavy atom. The summed E-state index contributed by atoms with van der Waals surface area (Å²) < 4.78 is 5.48. The van der Waals surface area contributed by atoms with Crippen LogP contribution in [0, 0.1) is 5.92 Å². The fraction of sp³-hybridized carbons (Fsp3) is 1.00. The number of hydrogen-bond acceptors (Lipinski definition) is 2. The summed E-state index contributed by atoms with van der Waals surface area (Å²) >= 11 is 0. The summed E-state index contributed by atoms with van der Waals surface area (Å²) in [5.41, 5.74) is 0. The van der Waals surface area contributed by atoms with Crippen molar-refractivity contribution >= 4 is 0 Å². The number of nitrogens with zero attached hydrogens (tertiary/aromatic N) is 1. The Bertz CT molecular complexity index is 136. The predicted octanol–water partition coefficient (Wildman–Crippen LogP) is 1.46. The average molecular weight is 155 g/mol. The molecule has 1 aliphatic heterocycles. The van der Waals surface area contributed by atoms with E-state index in [9.17, 15) is 0 Å². The van der Waals surface area contributed by atoms with Gasteiger partial charge in [0.25, 0.3) is 0 Å². The van der Waals surface area contributed by atoms with Gasteiger partial charge in [0, 0.05) is 6.04 Å². The van der Waals surface area contributed by atoms with Crippen LogP contribution in [0.5, 0.6) is 0 Å². The summed E-state index contributed by atoms with van der Waals surface area (Å²) in [7, 11) is 2.18. The van der Waals surface area contributed by atoms with Crippen LogP contribution in [-0.4, -0.2) is 31.3 Å². The third-order valence-electron chi connectivity index (χ3n) is 3.06. The van der Waals surface area contributed by atoms with E-state index in [-0.39, 0.29) is 0 Å². The first-order valence-electron chi connectivity index (χ1n) is 4.66. The third-order valence-corrected chi connectivity index (χ3v) is 3.06. The van der Waals surface area contributed by atoms with Gasteiger partial charge in [-0.15, -0.1) is 0 Å². The molecule has 0 bridgehead atoms. The summed E-state index contributed by atoms with van der Waals surface area (Å²) in [6, 6.07) is 0.831. The van der Waals surface area contributed by atoms with Gasteiger partial charge >= 0.3 is 0 Å². The van der Waals surface area contributed by atoms with E-state index in [0.717, 1.165) is 25.3 Å². The highest BCUT2D eigenvalue weighted by atomic mass is 16.5. The molecule has 1 saturated carbocycles. The lowest BCUT2D eigenvalue weighted by Crippen LogP contribution is -2.47. The zero-order valence-electron chi connectivity index (χ0n) is 7.25. The Balaban J connectivity index is 1.99. The second kappa shape index (κ2) is 3.11. The predicted molar refractivity (Wildman–Crippen MR) is 44.3 cm³/mol. The molecule has 0 aromatic rings. The van der Waals surface area contributed by atoms with Gasteiger partial charge in [-0.2, -0.15) is 0 Å². The van der Waals surface area contributed by atoms with Gasteiger partial charge in [-0.1, -0.05) is 12.8 Å². The maximum Gasteiger partial charge on any atom is 0.0990 e. The molecule has 2 heteroatoms. The molecular weight excluding hydrogens is 138 g/mol. The molecule has 2 atom stereocenters. The fourth-order valence-electron chi connectivity index (χ4n) is 2.41. The maximum atomic E-state index is 5.48. The van der Waals surface area contributed by atoms with Crippen molar-refractivity contribution in [2.45, 2.75) is 31.7 Å². The number of rotatable bonds is 0. The third kappa shape index (κ3) is 1.42. The smallest absolute Gasteiger partial charge is 0.0990 e. The number of hydrogen-bond donors (Lipinski definition) is 0. The van der Waals surface area contributed by atoms with Crippen LogP contribution in [0.15, 0.2) is 0 Å². The lowest BCUT2D eigenvalue weighted by molar-refractivity contribution is -0.0831. The second-order valence-electron chi connectivity index (χ2n) is 3.87. The van der Waals surface area contributed by atoms with Crippen LogP contribution < -0.4 is 0 Å². The van der Waals surface area contributed by atoms with Crippen LogP contribution in [0.2, 0.25) is 0 Å². The van der Waals surface area contributed by atoms with E-state index >= 15 is 0 Å². The SMILES string of the molecule is CN1COC[C@@H]2CCCC[C@H]21. The van der Waals surface area contributed by atoms with Crippen LogP contribution in [-0.2, 0) is 4.74 Å². The topological polar surface area (TPSA) is 12.5 Å². The summed E-state index contributed by atoms with van der Waals surface area (Å²) in [6.45, 7) is 1.86. The highest BCUT2D eigenvalue weighted by Crippen LogP contribution is 2.30. The summed E-state index contributed by atoms with van der Waals surface area (Å²) in [5, 5.41) is 0. The molecular formula is C9H17NO. The van der Waals surface area contributed by atoms with Gasteiger partial charge in [-0.05, 0) is 25.8 Å². The molecule has 64 valence electrons. The molecule has 0 N–H and O–H groups in total. The Morgan fingerprint density at radius 3 is 2.91 bits per heavy atom. The second-order valence-corrected chi connectivity index (χ2v) is 3.87.